The minimum Gasteiger partial charge on any atom is -0.378 e. The number of hydrogen-bond donors (Lipinski definition) is 2. The molecule has 1 aromatic heterocycles. The molecule has 2 N–H and O–H groups in total. The molecule has 1 aromatic carbocycles. The van der Waals surface area contributed by atoms with Crippen molar-refractivity contribution in [2.24, 2.45) is 0 Å². The van der Waals surface area contributed by atoms with Crippen molar-refractivity contribution < 1.29 is 4.79 Å². The van der Waals surface area contributed by atoms with E-state index in [2.05, 4.69) is 44.7 Å². The lowest BCUT2D eigenvalue weighted by Crippen LogP contribution is -2.14. The summed E-state index contributed by atoms with van der Waals surface area (Å²) in [6, 6.07) is 8.27. The number of nitrogens with zero attached hydrogens (tertiary/aromatic N) is 2. The molecule has 0 spiro atoms. The molecule has 0 radical (unpaired) electrons. The van der Waals surface area contributed by atoms with E-state index in [1.54, 1.807) is 6.20 Å². The summed E-state index contributed by atoms with van der Waals surface area (Å²) in [7, 11) is 4.02. The van der Waals surface area contributed by atoms with Crippen LogP contribution in [-0.2, 0) is 17.6 Å². The fourth-order valence-electron chi connectivity index (χ4n) is 2.11. The average Bonchev–Trinajstić information content (AvgIpc) is 2.92. The van der Waals surface area contributed by atoms with Crippen LogP contribution in [-0.4, -0.2) is 30.2 Å². The zero-order valence-corrected chi connectivity index (χ0v) is 12.8. The van der Waals surface area contributed by atoms with Crippen molar-refractivity contribution in [3.63, 3.8) is 0 Å². The second-order valence-electron chi connectivity index (χ2n) is 5.23. The number of carbonyl (C=O) groups excluding carboxylic acids is 1. The van der Waals surface area contributed by atoms with E-state index in [0.29, 0.717) is 12.2 Å². The van der Waals surface area contributed by atoms with Crippen LogP contribution in [0.1, 0.15) is 24.5 Å². The molecule has 0 saturated heterocycles. The van der Waals surface area contributed by atoms with Gasteiger partial charge in [-0.1, -0.05) is 19.1 Å². The lowest BCUT2D eigenvalue weighted by Gasteiger charge is -2.12. The van der Waals surface area contributed by atoms with Gasteiger partial charge in [0.2, 0.25) is 5.91 Å². The maximum atomic E-state index is 12.0. The molecule has 5 heteroatoms. The second kappa shape index (κ2) is 6.92. The highest BCUT2D eigenvalue weighted by atomic mass is 16.1. The molecule has 0 unspecified atom stereocenters. The van der Waals surface area contributed by atoms with Crippen LogP contribution in [0.3, 0.4) is 0 Å². The van der Waals surface area contributed by atoms with Gasteiger partial charge in [-0.05, 0) is 30.5 Å². The van der Waals surface area contributed by atoms with Crippen molar-refractivity contribution in [1.29, 1.82) is 0 Å². The summed E-state index contributed by atoms with van der Waals surface area (Å²) in [4.78, 5) is 14.0. The van der Waals surface area contributed by atoms with Crippen LogP contribution >= 0.6 is 0 Å². The number of aromatic nitrogens is 2. The van der Waals surface area contributed by atoms with Gasteiger partial charge in [-0.3, -0.25) is 9.89 Å². The van der Waals surface area contributed by atoms with Crippen LogP contribution in [0, 0.1) is 0 Å². The molecule has 0 saturated carbocycles. The van der Waals surface area contributed by atoms with E-state index in [0.717, 1.165) is 29.7 Å². The van der Waals surface area contributed by atoms with Crippen molar-refractivity contribution in [1.82, 2.24) is 10.2 Å². The van der Waals surface area contributed by atoms with Crippen LogP contribution in [0.15, 0.2) is 30.5 Å². The van der Waals surface area contributed by atoms with Crippen LogP contribution in [0.5, 0.6) is 0 Å². The lowest BCUT2D eigenvalue weighted by molar-refractivity contribution is -0.116. The monoisotopic (exact) mass is 286 g/mol. The third kappa shape index (κ3) is 4.08. The molecule has 2 aromatic rings. The summed E-state index contributed by atoms with van der Waals surface area (Å²) in [5.74, 6) is 0.719. The minimum absolute atomic E-state index is 0.00522. The van der Waals surface area contributed by atoms with Gasteiger partial charge in [0.25, 0.3) is 0 Å². The summed E-state index contributed by atoms with van der Waals surface area (Å²) < 4.78 is 0. The van der Waals surface area contributed by atoms with E-state index < -0.39 is 0 Å². The zero-order chi connectivity index (χ0) is 15.2. The number of H-pyrrole nitrogens is 1. The number of nitrogens with one attached hydrogen (secondary N) is 2. The van der Waals surface area contributed by atoms with Crippen LogP contribution in [0.25, 0.3) is 0 Å². The zero-order valence-electron chi connectivity index (χ0n) is 12.8. The molecule has 0 aliphatic carbocycles. The molecule has 112 valence electrons. The van der Waals surface area contributed by atoms with E-state index in [-0.39, 0.29) is 5.91 Å². The number of hydrogen-bond acceptors (Lipinski definition) is 3. The van der Waals surface area contributed by atoms with Gasteiger partial charge in [0, 0.05) is 31.8 Å². The highest BCUT2D eigenvalue weighted by molar-refractivity contribution is 5.90. The van der Waals surface area contributed by atoms with Gasteiger partial charge >= 0.3 is 0 Å². The first-order valence-corrected chi connectivity index (χ1v) is 7.18. The van der Waals surface area contributed by atoms with Crippen LogP contribution in [0.2, 0.25) is 0 Å². The van der Waals surface area contributed by atoms with Gasteiger partial charge in [-0.2, -0.15) is 5.10 Å². The van der Waals surface area contributed by atoms with E-state index in [9.17, 15) is 4.79 Å². The van der Waals surface area contributed by atoms with Crippen molar-refractivity contribution in [3.8, 4) is 0 Å². The maximum absolute atomic E-state index is 12.0. The maximum Gasteiger partial charge on any atom is 0.225 e. The molecule has 0 aliphatic rings. The van der Waals surface area contributed by atoms with Crippen LogP contribution in [0.4, 0.5) is 11.5 Å². The van der Waals surface area contributed by atoms with E-state index >= 15 is 0 Å². The van der Waals surface area contributed by atoms with Gasteiger partial charge in [0.15, 0.2) is 0 Å². The van der Waals surface area contributed by atoms with Crippen LogP contribution < -0.4 is 10.2 Å². The second-order valence-corrected chi connectivity index (χ2v) is 5.23. The van der Waals surface area contributed by atoms with E-state index in [1.807, 2.05) is 21.0 Å². The van der Waals surface area contributed by atoms with E-state index in [1.165, 1.54) is 0 Å². The Bertz CT molecular complexity index is 587. The number of amides is 1. The number of carbonyl (C=O) groups is 1. The SMILES string of the molecule is CCc1cn[nH]c1NC(=O)CCc1ccc(N(C)C)cc1. The summed E-state index contributed by atoms with van der Waals surface area (Å²) >= 11 is 0. The fourth-order valence-corrected chi connectivity index (χ4v) is 2.11. The van der Waals surface area contributed by atoms with Crippen molar-refractivity contribution in [3.05, 3.63) is 41.6 Å². The standard InChI is InChI=1S/C16H22N4O/c1-4-13-11-17-19-16(13)18-15(21)10-7-12-5-8-14(9-6-12)20(2)3/h5-6,8-9,11H,4,7,10H2,1-3H3,(H2,17,18,19,21). The molecule has 1 amide bonds. The Balaban J connectivity index is 1.86. The van der Waals surface area contributed by atoms with Gasteiger partial charge in [-0.25, -0.2) is 0 Å². The predicted octanol–water partition coefficient (Wildman–Crippen LogP) is 2.61. The quantitative estimate of drug-likeness (QED) is 0.858. The molecule has 5 nitrogen and oxygen atoms in total. The molecule has 2 rings (SSSR count). The topological polar surface area (TPSA) is 61.0 Å². The molecular formula is C16H22N4O. The number of aryl methyl sites for hydroxylation is 2. The van der Waals surface area contributed by atoms with Crippen molar-refractivity contribution in [2.45, 2.75) is 26.2 Å². The summed E-state index contributed by atoms with van der Waals surface area (Å²) in [5, 5.41) is 9.64. The third-order valence-electron chi connectivity index (χ3n) is 3.46. The minimum atomic E-state index is 0.00522. The third-order valence-corrected chi connectivity index (χ3v) is 3.46. The Morgan fingerprint density at radius 1 is 1.29 bits per heavy atom. The highest BCUT2D eigenvalue weighted by Gasteiger charge is 2.08. The van der Waals surface area contributed by atoms with Gasteiger partial charge in [0.05, 0.1) is 6.20 Å². The number of benzene rings is 1. The predicted molar refractivity (Wildman–Crippen MR) is 85.7 cm³/mol. The Labute approximate surface area is 125 Å². The normalized spacial score (nSPS) is 10.4. The molecule has 1 heterocycles. The van der Waals surface area contributed by atoms with Crippen molar-refractivity contribution >= 4 is 17.4 Å². The molecule has 0 aliphatic heterocycles. The fraction of sp³-hybridized carbons (Fsp3) is 0.375. The molecule has 0 fully saturated rings. The largest absolute Gasteiger partial charge is 0.378 e. The van der Waals surface area contributed by atoms with Gasteiger partial charge < -0.3 is 10.2 Å². The number of anilines is 2. The van der Waals surface area contributed by atoms with E-state index in [4.69, 9.17) is 0 Å². The summed E-state index contributed by atoms with van der Waals surface area (Å²) in [5.41, 5.74) is 3.35. The molecular weight excluding hydrogens is 264 g/mol. The number of aromatic amines is 1. The molecule has 0 atom stereocenters. The highest BCUT2D eigenvalue weighted by Crippen LogP contribution is 2.15. The lowest BCUT2D eigenvalue weighted by atomic mass is 10.1. The summed E-state index contributed by atoms with van der Waals surface area (Å²) in [6.45, 7) is 2.03. The van der Waals surface area contributed by atoms with Crippen molar-refractivity contribution in [2.75, 3.05) is 24.3 Å². The van der Waals surface area contributed by atoms with Gasteiger partial charge in [0.1, 0.15) is 5.82 Å². The first-order valence-electron chi connectivity index (χ1n) is 7.18. The Morgan fingerprint density at radius 2 is 2.00 bits per heavy atom. The molecule has 0 bridgehead atoms. The first kappa shape index (κ1) is 15.1. The average molecular weight is 286 g/mol. The first-order chi connectivity index (χ1) is 10.1. The molecule has 21 heavy (non-hydrogen) atoms. The Kier molecular flexibility index (Phi) is 4.98. The van der Waals surface area contributed by atoms with Gasteiger partial charge in [-0.15, -0.1) is 0 Å². The Hall–Kier alpha value is -2.30. The summed E-state index contributed by atoms with van der Waals surface area (Å²) in [6.07, 6.45) is 3.78. The number of rotatable bonds is 6. The Morgan fingerprint density at radius 3 is 2.62 bits per heavy atom. The smallest absolute Gasteiger partial charge is 0.225 e.